The fraction of sp³-hybridized carbons (Fsp3) is 0.280. The van der Waals surface area contributed by atoms with Gasteiger partial charge in [-0.15, -0.1) is 0 Å². The summed E-state index contributed by atoms with van der Waals surface area (Å²) in [5.74, 6) is 0. The number of aromatic nitrogens is 1. The van der Waals surface area contributed by atoms with Gasteiger partial charge < -0.3 is 15.5 Å². The Morgan fingerprint density at radius 1 is 1.09 bits per heavy atom. The van der Waals surface area contributed by atoms with E-state index in [1.807, 2.05) is 35.4 Å². The van der Waals surface area contributed by atoms with Crippen molar-refractivity contribution >= 4 is 34.8 Å². The zero-order valence-corrected chi connectivity index (χ0v) is 19.1. The second-order valence-electron chi connectivity index (χ2n) is 8.25. The molecule has 7 heteroatoms. The minimum atomic E-state index is -0.0491. The van der Waals surface area contributed by atoms with Crippen molar-refractivity contribution in [2.24, 2.45) is 0 Å². The Kier molecular flexibility index (Phi) is 5.94. The van der Waals surface area contributed by atoms with Crippen LogP contribution in [0, 0.1) is 0 Å². The molecule has 0 spiro atoms. The van der Waals surface area contributed by atoms with Gasteiger partial charge in [0.1, 0.15) is 0 Å². The molecule has 32 heavy (non-hydrogen) atoms. The van der Waals surface area contributed by atoms with Crippen molar-refractivity contribution in [2.45, 2.75) is 25.7 Å². The molecule has 0 radical (unpaired) electrons. The summed E-state index contributed by atoms with van der Waals surface area (Å²) in [5.41, 5.74) is 7.82. The van der Waals surface area contributed by atoms with Gasteiger partial charge in [-0.05, 0) is 78.9 Å². The van der Waals surface area contributed by atoms with Crippen LogP contribution in [0.15, 0.2) is 60.1 Å². The van der Waals surface area contributed by atoms with E-state index in [1.54, 1.807) is 6.20 Å². The highest BCUT2D eigenvalue weighted by Crippen LogP contribution is 2.40. The molecule has 2 aromatic rings. The lowest BCUT2D eigenvalue weighted by molar-refractivity contribution is 0.196. The van der Waals surface area contributed by atoms with Gasteiger partial charge in [-0.3, -0.25) is 4.98 Å². The van der Waals surface area contributed by atoms with Crippen molar-refractivity contribution in [3.63, 3.8) is 0 Å². The predicted molar refractivity (Wildman–Crippen MR) is 129 cm³/mol. The number of carbonyl (C=O) groups is 1. The van der Waals surface area contributed by atoms with Gasteiger partial charge in [-0.1, -0.05) is 34.8 Å². The second kappa shape index (κ2) is 9.00. The normalized spacial score (nSPS) is 17.7. The van der Waals surface area contributed by atoms with Crippen molar-refractivity contribution in [3.05, 3.63) is 92.5 Å². The van der Waals surface area contributed by atoms with Crippen LogP contribution in [0.1, 0.15) is 35.2 Å². The molecule has 0 unspecified atom stereocenters. The Balaban J connectivity index is 1.46. The van der Waals surface area contributed by atoms with E-state index in [2.05, 4.69) is 22.8 Å². The molecular formula is C25H24Cl2N4O. The molecule has 1 fully saturated rings. The molecule has 0 saturated carbocycles. The highest BCUT2D eigenvalue weighted by atomic mass is 35.5. The van der Waals surface area contributed by atoms with Gasteiger partial charge in [0.05, 0.1) is 12.2 Å². The van der Waals surface area contributed by atoms with Gasteiger partial charge in [0.25, 0.3) is 0 Å². The number of halogens is 2. The van der Waals surface area contributed by atoms with E-state index < -0.39 is 0 Å². The third kappa shape index (κ3) is 4.15. The Bertz CT molecular complexity index is 1160. The lowest BCUT2D eigenvalue weighted by atomic mass is 9.88. The summed E-state index contributed by atoms with van der Waals surface area (Å²) in [6, 6.07) is 7.92. The maximum atomic E-state index is 12.7. The maximum absolute atomic E-state index is 12.7. The number of nitrogens with zero attached hydrogens (tertiary/aromatic N) is 2. The van der Waals surface area contributed by atoms with E-state index in [1.165, 1.54) is 16.7 Å². The molecule has 1 aromatic carbocycles. The monoisotopic (exact) mass is 466 g/mol. The molecule has 2 amide bonds. The van der Waals surface area contributed by atoms with Crippen LogP contribution in [0.4, 0.5) is 4.79 Å². The molecule has 1 aromatic heterocycles. The lowest BCUT2D eigenvalue weighted by Gasteiger charge is -2.31. The quantitative estimate of drug-likeness (QED) is 0.614. The Morgan fingerprint density at radius 3 is 2.72 bits per heavy atom. The first kappa shape index (κ1) is 21.1. The molecular weight excluding hydrogens is 443 g/mol. The molecule has 1 aliphatic carbocycles. The molecule has 5 rings (SSSR count). The number of likely N-dealkylation sites (tertiary alicyclic amines) is 1. The number of pyridine rings is 1. The number of amides is 2. The fourth-order valence-corrected chi connectivity index (χ4v) is 5.11. The molecule has 0 bridgehead atoms. The molecule has 5 nitrogen and oxygen atoms in total. The van der Waals surface area contributed by atoms with Crippen LogP contribution in [0.3, 0.4) is 0 Å². The van der Waals surface area contributed by atoms with Crippen LogP contribution in [-0.4, -0.2) is 35.5 Å². The first-order chi connectivity index (χ1) is 15.6. The number of rotatable bonds is 1. The summed E-state index contributed by atoms with van der Waals surface area (Å²) in [7, 11) is 0. The van der Waals surface area contributed by atoms with E-state index >= 15 is 0 Å². The number of benzene rings is 1. The largest absolute Gasteiger partial charge is 0.385 e. The first-order valence-corrected chi connectivity index (χ1v) is 11.7. The summed E-state index contributed by atoms with van der Waals surface area (Å²) >= 11 is 12.9. The third-order valence-corrected chi connectivity index (χ3v) is 6.88. The zero-order chi connectivity index (χ0) is 22.1. The SMILES string of the molecule is O=C(NC1=CC=CNC1)N1CCC(=C2c3ccc(Cl)cc3CCc3c(Cl)ccnc32)CC1. The molecule has 2 aliphatic heterocycles. The van der Waals surface area contributed by atoms with Crippen molar-refractivity contribution in [1.82, 2.24) is 20.5 Å². The lowest BCUT2D eigenvalue weighted by Crippen LogP contribution is -2.44. The Hall–Kier alpha value is -2.76. The Morgan fingerprint density at radius 2 is 1.94 bits per heavy atom. The zero-order valence-electron chi connectivity index (χ0n) is 17.6. The van der Waals surface area contributed by atoms with Crippen molar-refractivity contribution in [3.8, 4) is 0 Å². The molecule has 3 heterocycles. The van der Waals surface area contributed by atoms with Crippen LogP contribution in [0.2, 0.25) is 10.0 Å². The van der Waals surface area contributed by atoms with Gasteiger partial charge in [0.2, 0.25) is 0 Å². The van der Waals surface area contributed by atoms with E-state index in [0.717, 1.165) is 58.3 Å². The fourth-order valence-electron chi connectivity index (χ4n) is 4.67. The number of hydrogen-bond donors (Lipinski definition) is 2. The van der Waals surface area contributed by atoms with E-state index in [4.69, 9.17) is 28.2 Å². The van der Waals surface area contributed by atoms with Crippen LogP contribution in [0.5, 0.6) is 0 Å². The number of urea groups is 1. The number of piperidine rings is 1. The summed E-state index contributed by atoms with van der Waals surface area (Å²) in [6.45, 7) is 1.97. The molecule has 3 aliphatic rings. The van der Waals surface area contributed by atoms with E-state index in [9.17, 15) is 4.79 Å². The number of allylic oxidation sites excluding steroid dienone is 2. The highest BCUT2D eigenvalue weighted by molar-refractivity contribution is 6.31. The van der Waals surface area contributed by atoms with Crippen molar-refractivity contribution in [1.29, 1.82) is 0 Å². The molecule has 2 N–H and O–H groups in total. The number of dihydropyridines is 1. The smallest absolute Gasteiger partial charge is 0.321 e. The van der Waals surface area contributed by atoms with Crippen LogP contribution >= 0.6 is 23.2 Å². The molecule has 0 atom stereocenters. The molecule has 1 saturated heterocycles. The summed E-state index contributed by atoms with van der Waals surface area (Å²) < 4.78 is 0. The van der Waals surface area contributed by atoms with Crippen LogP contribution in [-0.2, 0) is 12.8 Å². The number of aryl methyl sites for hydroxylation is 1. The topological polar surface area (TPSA) is 57.3 Å². The van der Waals surface area contributed by atoms with E-state index in [-0.39, 0.29) is 6.03 Å². The third-order valence-electron chi connectivity index (χ3n) is 6.30. The van der Waals surface area contributed by atoms with Gasteiger partial charge in [-0.25, -0.2) is 4.79 Å². The van der Waals surface area contributed by atoms with Crippen LogP contribution in [0.25, 0.3) is 5.57 Å². The predicted octanol–water partition coefficient (Wildman–Crippen LogP) is 5.10. The van der Waals surface area contributed by atoms with E-state index in [0.29, 0.717) is 19.6 Å². The first-order valence-electron chi connectivity index (χ1n) is 10.9. The average Bonchev–Trinajstić information content (AvgIpc) is 2.97. The minimum absolute atomic E-state index is 0.0491. The minimum Gasteiger partial charge on any atom is -0.385 e. The van der Waals surface area contributed by atoms with Gasteiger partial charge in [0, 0.05) is 40.6 Å². The van der Waals surface area contributed by atoms with Gasteiger partial charge in [0.15, 0.2) is 0 Å². The summed E-state index contributed by atoms with van der Waals surface area (Å²) in [4.78, 5) is 19.4. The standard InChI is InChI=1S/C25H24Cl2N4O/c26-18-4-6-20-17(14-18)3-5-21-22(27)7-11-29-24(21)23(20)16-8-12-31(13-9-16)25(32)30-19-2-1-10-28-15-19/h1-2,4,6-7,10-11,14,28H,3,5,8-9,12-13,15H2,(H,30,32). The average molecular weight is 467 g/mol. The van der Waals surface area contributed by atoms with Gasteiger partial charge in [-0.2, -0.15) is 0 Å². The second-order valence-corrected chi connectivity index (χ2v) is 9.09. The van der Waals surface area contributed by atoms with Crippen molar-refractivity contribution in [2.75, 3.05) is 19.6 Å². The Labute approximate surface area is 197 Å². The van der Waals surface area contributed by atoms with Gasteiger partial charge >= 0.3 is 6.03 Å². The summed E-state index contributed by atoms with van der Waals surface area (Å²) in [6.07, 6.45) is 10.8. The number of hydrogen-bond acceptors (Lipinski definition) is 3. The summed E-state index contributed by atoms with van der Waals surface area (Å²) in [5, 5.41) is 7.62. The maximum Gasteiger partial charge on any atom is 0.321 e. The van der Waals surface area contributed by atoms with Crippen molar-refractivity contribution < 1.29 is 4.79 Å². The number of fused-ring (bicyclic) bond motifs is 2. The van der Waals surface area contributed by atoms with Crippen LogP contribution < -0.4 is 10.6 Å². The highest BCUT2D eigenvalue weighted by Gasteiger charge is 2.27. The molecule has 164 valence electrons. The number of carbonyl (C=O) groups excluding carboxylic acids is 1. The number of nitrogens with one attached hydrogen (secondary N) is 2.